The van der Waals surface area contributed by atoms with Crippen LogP contribution >= 0.6 is 0 Å². The summed E-state index contributed by atoms with van der Waals surface area (Å²) >= 11 is 0. The Morgan fingerprint density at radius 2 is 2.26 bits per heavy atom. The molecule has 0 unspecified atom stereocenters. The number of aryl methyl sites for hydroxylation is 2. The van der Waals surface area contributed by atoms with Crippen LogP contribution in [0.4, 0.5) is 0 Å². The van der Waals surface area contributed by atoms with Crippen LogP contribution in [0.3, 0.4) is 0 Å². The number of aliphatic hydroxyl groups is 1. The van der Waals surface area contributed by atoms with Gasteiger partial charge in [-0.05, 0) is 19.4 Å². The first-order valence-corrected chi connectivity index (χ1v) is 8.08. The number of fused-ring (bicyclic) bond motifs is 1. The lowest BCUT2D eigenvalue weighted by molar-refractivity contribution is -0.132. The van der Waals surface area contributed by atoms with Crippen LogP contribution < -0.4 is 0 Å². The molecular formula is C16H23N5O2. The van der Waals surface area contributed by atoms with Gasteiger partial charge in [-0.15, -0.1) is 0 Å². The largest absolute Gasteiger partial charge is 0.387 e. The molecule has 1 N–H and O–H groups in total. The molecule has 0 fully saturated rings. The van der Waals surface area contributed by atoms with Gasteiger partial charge in [0.1, 0.15) is 5.82 Å². The van der Waals surface area contributed by atoms with E-state index in [1.54, 1.807) is 6.20 Å². The highest BCUT2D eigenvalue weighted by Gasteiger charge is 2.23. The van der Waals surface area contributed by atoms with Crippen molar-refractivity contribution in [3.63, 3.8) is 0 Å². The highest BCUT2D eigenvalue weighted by molar-refractivity contribution is 5.76. The third-order valence-corrected chi connectivity index (χ3v) is 4.39. The van der Waals surface area contributed by atoms with Gasteiger partial charge in [0.15, 0.2) is 0 Å². The van der Waals surface area contributed by atoms with Gasteiger partial charge in [-0.3, -0.25) is 9.48 Å². The topological polar surface area (TPSA) is 76.2 Å². The summed E-state index contributed by atoms with van der Waals surface area (Å²) in [5, 5.41) is 14.3. The van der Waals surface area contributed by atoms with Crippen LogP contribution in [0, 0.1) is 6.92 Å². The summed E-state index contributed by atoms with van der Waals surface area (Å²) in [6, 6.07) is 1.91. The van der Waals surface area contributed by atoms with Crippen molar-refractivity contribution in [1.82, 2.24) is 24.2 Å². The molecular weight excluding hydrogens is 294 g/mol. The minimum Gasteiger partial charge on any atom is -0.387 e. The van der Waals surface area contributed by atoms with Gasteiger partial charge in [0.05, 0.1) is 30.6 Å². The second kappa shape index (κ2) is 6.54. The van der Waals surface area contributed by atoms with Gasteiger partial charge in [0, 0.05) is 31.9 Å². The van der Waals surface area contributed by atoms with Crippen molar-refractivity contribution in [1.29, 1.82) is 0 Å². The van der Waals surface area contributed by atoms with Crippen LogP contribution in [0.25, 0.3) is 0 Å². The van der Waals surface area contributed by atoms with Gasteiger partial charge in [0.25, 0.3) is 0 Å². The normalized spacial score (nSPS) is 15.5. The molecule has 2 aromatic heterocycles. The average Bonchev–Trinajstić information content (AvgIpc) is 3.16. The number of nitrogens with zero attached hydrogens (tertiary/aromatic N) is 5. The molecule has 7 nitrogen and oxygen atoms in total. The first-order valence-electron chi connectivity index (χ1n) is 8.08. The number of carbonyl (C=O) groups is 1. The summed E-state index contributed by atoms with van der Waals surface area (Å²) in [6.07, 6.45) is 4.23. The van der Waals surface area contributed by atoms with Crippen LogP contribution in [0.15, 0.2) is 18.5 Å². The van der Waals surface area contributed by atoms with E-state index < -0.39 is 6.10 Å². The highest BCUT2D eigenvalue weighted by atomic mass is 16.3. The molecule has 2 aromatic rings. The molecule has 0 spiro atoms. The van der Waals surface area contributed by atoms with Crippen LogP contribution in [0.2, 0.25) is 0 Å². The van der Waals surface area contributed by atoms with Crippen molar-refractivity contribution < 1.29 is 9.90 Å². The number of amides is 1. The van der Waals surface area contributed by atoms with Crippen LogP contribution in [-0.2, 0) is 24.4 Å². The summed E-state index contributed by atoms with van der Waals surface area (Å²) in [7, 11) is 0. The summed E-state index contributed by atoms with van der Waals surface area (Å²) in [5.74, 6) is 1.07. The van der Waals surface area contributed by atoms with E-state index in [1.165, 1.54) is 0 Å². The Balaban J connectivity index is 1.61. The van der Waals surface area contributed by atoms with Crippen LogP contribution in [0.5, 0.6) is 0 Å². The number of aliphatic hydroxyl groups excluding tert-OH is 1. The number of imidazole rings is 1. The third kappa shape index (κ3) is 3.29. The molecule has 1 atom stereocenters. The summed E-state index contributed by atoms with van der Waals surface area (Å²) < 4.78 is 3.89. The number of hydrogen-bond donors (Lipinski definition) is 1. The Labute approximate surface area is 135 Å². The minimum atomic E-state index is -0.526. The van der Waals surface area contributed by atoms with Gasteiger partial charge in [-0.1, -0.05) is 6.92 Å². The van der Waals surface area contributed by atoms with E-state index in [2.05, 4.69) is 10.1 Å². The first kappa shape index (κ1) is 15.7. The minimum absolute atomic E-state index is 0.142. The van der Waals surface area contributed by atoms with Crippen molar-refractivity contribution in [3.05, 3.63) is 35.7 Å². The lowest BCUT2D eigenvalue weighted by Gasteiger charge is -2.27. The SMILES string of the molecule is CC[C@@H](O)c1cc2n(n1)CCN(C(=O)CCn1ccnc1C)C2. The first-order chi connectivity index (χ1) is 11.1. The van der Waals surface area contributed by atoms with E-state index in [0.717, 1.165) is 11.5 Å². The van der Waals surface area contributed by atoms with Crippen LogP contribution in [-0.4, -0.2) is 41.8 Å². The Hall–Kier alpha value is -2.15. The smallest absolute Gasteiger partial charge is 0.224 e. The fourth-order valence-corrected chi connectivity index (χ4v) is 2.89. The number of hydrogen-bond acceptors (Lipinski definition) is 4. The number of carbonyl (C=O) groups excluding carboxylic acids is 1. The molecule has 1 aliphatic rings. The number of rotatable bonds is 5. The quantitative estimate of drug-likeness (QED) is 0.901. The van der Waals surface area contributed by atoms with E-state index in [4.69, 9.17) is 0 Å². The Bertz CT molecular complexity index is 690. The van der Waals surface area contributed by atoms with Crippen LogP contribution in [0.1, 0.15) is 43.1 Å². The van der Waals surface area contributed by atoms with E-state index in [-0.39, 0.29) is 5.91 Å². The van der Waals surface area contributed by atoms with Crippen molar-refractivity contribution in [3.8, 4) is 0 Å². The number of aromatic nitrogens is 4. The average molecular weight is 317 g/mol. The predicted octanol–water partition coefficient (Wildman–Crippen LogP) is 1.26. The second-order valence-electron chi connectivity index (χ2n) is 5.94. The molecule has 0 radical (unpaired) electrons. The molecule has 23 heavy (non-hydrogen) atoms. The Morgan fingerprint density at radius 1 is 1.43 bits per heavy atom. The van der Waals surface area contributed by atoms with Gasteiger partial charge >= 0.3 is 0 Å². The van der Waals surface area contributed by atoms with E-state index >= 15 is 0 Å². The Kier molecular flexibility index (Phi) is 4.47. The monoisotopic (exact) mass is 317 g/mol. The zero-order valence-electron chi connectivity index (χ0n) is 13.6. The molecule has 0 bridgehead atoms. The van der Waals surface area contributed by atoms with Crippen molar-refractivity contribution in [2.75, 3.05) is 6.54 Å². The van der Waals surface area contributed by atoms with Crippen molar-refractivity contribution in [2.45, 2.75) is 52.4 Å². The maximum Gasteiger partial charge on any atom is 0.224 e. The fraction of sp³-hybridized carbons (Fsp3) is 0.562. The van der Waals surface area contributed by atoms with Gasteiger partial charge in [-0.25, -0.2) is 4.98 Å². The predicted molar refractivity (Wildman–Crippen MR) is 84.5 cm³/mol. The zero-order chi connectivity index (χ0) is 16.4. The van der Waals surface area contributed by atoms with E-state index in [1.807, 2.05) is 40.3 Å². The van der Waals surface area contributed by atoms with E-state index in [0.29, 0.717) is 44.7 Å². The molecule has 0 aromatic carbocycles. The molecule has 0 aliphatic carbocycles. The lowest BCUT2D eigenvalue weighted by Crippen LogP contribution is -2.38. The molecule has 3 rings (SSSR count). The van der Waals surface area contributed by atoms with Gasteiger partial charge in [-0.2, -0.15) is 5.10 Å². The Morgan fingerprint density at radius 3 is 2.96 bits per heavy atom. The third-order valence-electron chi connectivity index (χ3n) is 4.39. The van der Waals surface area contributed by atoms with Crippen molar-refractivity contribution >= 4 is 5.91 Å². The maximum atomic E-state index is 12.4. The molecule has 1 aliphatic heterocycles. The highest BCUT2D eigenvalue weighted by Crippen LogP contribution is 2.20. The molecule has 0 saturated heterocycles. The van der Waals surface area contributed by atoms with E-state index in [9.17, 15) is 9.90 Å². The summed E-state index contributed by atoms with van der Waals surface area (Å²) in [5.41, 5.74) is 1.69. The van der Waals surface area contributed by atoms with Crippen molar-refractivity contribution in [2.24, 2.45) is 0 Å². The lowest BCUT2D eigenvalue weighted by atomic mass is 10.2. The standard InChI is InChI=1S/C16H23N5O2/c1-3-15(22)14-10-13-11-20(8-9-21(13)18-14)16(23)4-6-19-7-5-17-12(19)2/h5,7,10,15,22H,3-4,6,8-9,11H2,1-2H3/t15-/m1/s1. The van der Waals surface area contributed by atoms with Gasteiger partial charge < -0.3 is 14.6 Å². The summed E-state index contributed by atoms with van der Waals surface area (Å²) in [6.45, 7) is 6.42. The second-order valence-corrected chi connectivity index (χ2v) is 5.94. The molecule has 7 heteroatoms. The fourth-order valence-electron chi connectivity index (χ4n) is 2.89. The summed E-state index contributed by atoms with van der Waals surface area (Å²) in [4.78, 5) is 18.5. The zero-order valence-corrected chi connectivity index (χ0v) is 13.6. The molecule has 124 valence electrons. The molecule has 0 saturated carbocycles. The van der Waals surface area contributed by atoms with Gasteiger partial charge in [0.2, 0.25) is 5.91 Å². The molecule has 1 amide bonds. The molecule has 3 heterocycles. The maximum absolute atomic E-state index is 12.4.